The average molecular weight is 221 g/mol. The summed E-state index contributed by atoms with van der Waals surface area (Å²) in [5.74, 6) is 0.705. The van der Waals surface area contributed by atoms with Crippen LogP contribution >= 0.6 is 11.3 Å². The van der Waals surface area contributed by atoms with E-state index in [0.29, 0.717) is 10.9 Å². The van der Waals surface area contributed by atoms with Gasteiger partial charge in [0.15, 0.2) is 0 Å². The molecule has 0 atom stereocenters. The van der Waals surface area contributed by atoms with Crippen molar-refractivity contribution in [1.29, 1.82) is 0 Å². The second kappa shape index (κ2) is 4.42. The lowest BCUT2D eigenvalue weighted by Crippen LogP contribution is -1.86. The zero-order valence-corrected chi connectivity index (χ0v) is 9.12. The average Bonchev–Trinajstić information content (AvgIpc) is 2.64. The number of rotatable bonds is 3. The lowest BCUT2D eigenvalue weighted by molar-refractivity contribution is 0.281. The minimum absolute atomic E-state index is 0.0219. The Morgan fingerprint density at radius 2 is 2.33 bits per heavy atom. The van der Waals surface area contributed by atoms with Crippen LogP contribution in [0.25, 0.3) is 0 Å². The molecule has 0 bridgehead atoms. The van der Waals surface area contributed by atoms with Crippen molar-refractivity contribution in [1.82, 2.24) is 4.98 Å². The van der Waals surface area contributed by atoms with Crippen LogP contribution < -0.4 is 4.74 Å². The first-order valence-electron chi connectivity index (χ1n) is 4.58. The van der Waals surface area contributed by atoms with Crippen molar-refractivity contribution in [3.63, 3.8) is 0 Å². The number of aryl methyl sites for hydroxylation is 1. The molecule has 3 nitrogen and oxygen atoms in total. The van der Waals surface area contributed by atoms with Crippen molar-refractivity contribution in [2.45, 2.75) is 13.5 Å². The number of aromatic nitrogens is 1. The number of aliphatic hydroxyl groups is 1. The predicted molar refractivity (Wildman–Crippen MR) is 59.3 cm³/mol. The monoisotopic (exact) mass is 221 g/mol. The van der Waals surface area contributed by atoms with Gasteiger partial charge in [0.25, 0.3) is 5.19 Å². The molecule has 0 amide bonds. The lowest BCUT2D eigenvalue weighted by Gasteiger charge is -2.02. The van der Waals surface area contributed by atoms with Gasteiger partial charge < -0.3 is 9.84 Å². The van der Waals surface area contributed by atoms with Gasteiger partial charge in [-0.2, -0.15) is 0 Å². The Morgan fingerprint density at radius 3 is 3.00 bits per heavy atom. The van der Waals surface area contributed by atoms with Crippen LogP contribution in [0.5, 0.6) is 10.9 Å². The van der Waals surface area contributed by atoms with E-state index < -0.39 is 0 Å². The molecule has 1 N–H and O–H groups in total. The smallest absolute Gasteiger partial charge is 0.278 e. The topological polar surface area (TPSA) is 42.4 Å². The van der Waals surface area contributed by atoms with Crippen molar-refractivity contribution in [3.8, 4) is 10.9 Å². The molecule has 0 aliphatic heterocycles. The van der Waals surface area contributed by atoms with Gasteiger partial charge in [-0.3, -0.25) is 0 Å². The summed E-state index contributed by atoms with van der Waals surface area (Å²) in [6.45, 7) is 1.95. The highest BCUT2D eigenvalue weighted by molar-refractivity contribution is 7.11. The van der Waals surface area contributed by atoms with Crippen LogP contribution in [0, 0.1) is 6.92 Å². The van der Waals surface area contributed by atoms with Gasteiger partial charge in [0.2, 0.25) is 0 Å². The molecule has 1 aromatic carbocycles. The van der Waals surface area contributed by atoms with E-state index in [4.69, 9.17) is 9.84 Å². The number of thiazole rings is 1. The molecule has 0 unspecified atom stereocenters. The Kier molecular flexibility index (Phi) is 2.99. The summed E-state index contributed by atoms with van der Waals surface area (Å²) in [7, 11) is 0. The van der Waals surface area contributed by atoms with Gasteiger partial charge in [-0.1, -0.05) is 23.5 Å². The molecule has 4 heteroatoms. The molecule has 1 heterocycles. The van der Waals surface area contributed by atoms with E-state index in [-0.39, 0.29) is 6.61 Å². The van der Waals surface area contributed by atoms with Gasteiger partial charge in [0.1, 0.15) is 5.75 Å². The van der Waals surface area contributed by atoms with Crippen LogP contribution in [0.15, 0.2) is 29.6 Å². The highest BCUT2D eigenvalue weighted by Gasteiger charge is 2.01. The number of nitrogens with zero attached hydrogens (tertiary/aromatic N) is 1. The fraction of sp³-hybridized carbons (Fsp3) is 0.182. The molecule has 1 aromatic heterocycles. The van der Waals surface area contributed by atoms with Gasteiger partial charge in [0, 0.05) is 5.38 Å². The van der Waals surface area contributed by atoms with E-state index in [1.54, 1.807) is 6.07 Å². The molecule has 0 spiro atoms. The van der Waals surface area contributed by atoms with E-state index in [2.05, 4.69) is 4.98 Å². The lowest BCUT2D eigenvalue weighted by atomic mass is 10.2. The Labute approximate surface area is 92.0 Å². The Morgan fingerprint density at radius 1 is 1.47 bits per heavy atom. The maximum Gasteiger partial charge on any atom is 0.278 e. The molecule has 78 valence electrons. The zero-order chi connectivity index (χ0) is 10.7. The first-order chi connectivity index (χ1) is 7.28. The maximum atomic E-state index is 8.96. The quantitative estimate of drug-likeness (QED) is 0.866. The molecule has 0 aliphatic rings. The van der Waals surface area contributed by atoms with Crippen LogP contribution in [-0.4, -0.2) is 10.1 Å². The molecule has 0 saturated carbocycles. The van der Waals surface area contributed by atoms with Gasteiger partial charge in [-0.25, -0.2) is 4.98 Å². The van der Waals surface area contributed by atoms with Gasteiger partial charge in [-0.15, -0.1) is 0 Å². The fourth-order valence-electron chi connectivity index (χ4n) is 1.19. The number of ether oxygens (including phenoxy) is 1. The second-order valence-electron chi connectivity index (χ2n) is 3.16. The summed E-state index contributed by atoms with van der Waals surface area (Å²) < 4.78 is 5.54. The van der Waals surface area contributed by atoms with E-state index in [1.165, 1.54) is 11.3 Å². The molecule has 0 aliphatic carbocycles. The fourth-order valence-corrected chi connectivity index (χ4v) is 1.85. The third-order valence-electron chi connectivity index (χ3n) is 1.88. The molecule has 2 rings (SSSR count). The van der Waals surface area contributed by atoms with Crippen molar-refractivity contribution >= 4 is 11.3 Å². The molecular formula is C11H11NO2S. The first kappa shape index (κ1) is 10.1. The Balaban J connectivity index is 2.16. The van der Waals surface area contributed by atoms with Crippen LogP contribution in [0.4, 0.5) is 0 Å². The molecular weight excluding hydrogens is 210 g/mol. The van der Waals surface area contributed by atoms with Crippen molar-refractivity contribution in [3.05, 3.63) is 40.9 Å². The Hall–Kier alpha value is -1.39. The number of aliphatic hydroxyl groups excluding tert-OH is 1. The highest BCUT2D eigenvalue weighted by atomic mass is 32.1. The summed E-state index contributed by atoms with van der Waals surface area (Å²) in [5.41, 5.74) is 1.79. The van der Waals surface area contributed by atoms with Gasteiger partial charge in [0.05, 0.1) is 12.3 Å². The van der Waals surface area contributed by atoms with Gasteiger partial charge >= 0.3 is 0 Å². The van der Waals surface area contributed by atoms with Crippen molar-refractivity contribution in [2.24, 2.45) is 0 Å². The predicted octanol–water partition coefficient (Wildman–Crippen LogP) is 2.74. The van der Waals surface area contributed by atoms with Crippen LogP contribution in [-0.2, 0) is 6.61 Å². The summed E-state index contributed by atoms with van der Waals surface area (Å²) in [6, 6.07) is 7.34. The third kappa shape index (κ3) is 2.55. The standard InChI is InChI=1S/C11H11NO2S/c1-8-7-15-11(12-8)14-10-4-2-3-9(5-10)6-13/h2-5,7,13H,6H2,1H3. The number of hydrogen-bond donors (Lipinski definition) is 1. The summed E-state index contributed by atoms with van der Waals surface area (Å²) >= 11 is 1.46. The summed E-state index contributed by atoms with van der Waals surface area (Å²) in [5, 5.41) is 11.5. The van der Waals surface area contributed by atoms with Crippen molar-refractivity contribution < 1.29 is 9.84 Å². The SMILES string of the molecule is Cc1csc(Oc2cccc(CO)c2)n1. The molecule has 0 saturated heterocycles. The number of benzene rings is 1. The zero-order valence-electron chi connectivity index (χ0n) is 8.30. The van der Waals surface area contributed by atoms with E-state index >= 15 is 0 Å². The highest BCUT2D eigenvalue weighted by Crippen LogP contribution is 2.25. The molecule has 0 radical (unpaired) electrons. The van der Waals surface area contributed by atoms with Gasteiger partial charge in [-0.05, 0) is 24.6 Å². The third-order valence-corrected chi connectivity index (χ3v) is 2.72. The summed E-state index contributed by atoms with van der Waals surface area (Å²) in [4.78, 5) is 4.20. The minimum atomic E-state index is 0.0219. The largest absolute Gasteiger partial charge is 0.431 e. The summed E-state index contributed by atoms with van der Waals surface area (Å²) in [6.07, 6.45) is 0. The molecule has 2 aromatic rings. The maximum absolute atomic E-state index is 8.96. The van der Waals surface area contributed by atoms with E-state index in [9.17, 15) is 0 Å². The Bertz CT molecular complexity index is 453. The molecule has 0 fully saturated rings. The number of hydrogen-bond acceptors (Lipinski definition) is 4. The first-order valence-corrected chi connectivity index (χ1v) is 5.45. The van der Waals surface area contributed by atoms with E-state index in [1.807, 2.05) is 30.5 Å². The van der Waals surface area contributed by atoms with Crippen LogP contribution in [0.2, 0.25) is 0 Å². The minimum Gasteiger partial charge on any atom is -0.431 e. The normalized spacial score (nSPS) is 10.3. The van der Waals surface area contributed by atoms with Crippen LogP contribution in [0.1, 0.15) is 11.3 Å². The van der Waals surface area contributed by atoms with Crippen LogP contribution in [0.3, 0.4) is 0 Å². The second-order valence-corrected chi connectivity index (χ2v) is 3.98. The molecule has 15 heavy (non-hydrogen) atoms. The van der Waals surface area contributed by atoms with E-state index in [0.717, 1.165) is 11.3 Å². The van der Waals surface area contributed by atoms with Crippen molar-refractivity contribution in [2.75, 3.05) is 0 Å².